The smallest absolute Gasteiger partial charge is 0.337 e. The van der Waals surface area contributed by atoms with Crippen LogP contribution in [0.25, 0.3) is 10.2 Å². The molecule has 1 aliphatic rings. The normalized spacial score (nSPS) is 16.2. The molecule has 1 fully saturated rings. The molecule has 5 nitrogen and oxygen atoms in total. The predicted molar refractivity (Wildman–Crippen MR) is 66.8 cm³/mol. The number of hydrogen-bond donors (Lipinski definition) is 2. The lowest BCUT2D eigenvalue weighted by Crippen LogP contribution is -2.55. The van der Waals surface area contributed by atoms with Crippen molar-refractivity contribution in [3.05, 3.63) is 23.8 Å². The van der Waals surface area contributed by atoms with Crippen molar-refractivity contribution >= 4 is 32.7 Å². The molecule has 0 spiro atoms. The van der Waals surface area contributed by atoms with Crippen molar-refractivity contribution < 1.29 is 9.90 Å². The van der Waals surface area contributed by atoms with Gasteiger partial charge in [0.2, 0.25) is 0 Å². The fourth-order valence-corrected chi connectivity index (χ4v) is 3.00. The van der Waals surface area contributed by atoms with E-state index in [1.165, 1.54) is 11.3 Å². The number of aromatic nitrogens is 1. The van der Waals surface area contributed by atoms with Crippen LogP contribution in [0.15, 0.2) is 18.2 Å². The second-order valence-electron chi connectivity index (χ2n) is 4.12. The molecule has 1 aliphatic heterocycles. The molecule has 2 aromatic rings. The van der Waals surface area contributed by atoms with Crippen molar-refractivity contribution in [3.8, 4) is 0 Å². The number of benzene rings is 1. The summed E-state index contributed by atoms with van der Waals surface area (Å²) in [5.74, 6) is -0.911. The summed E-state index contributed by atoms with van der Waals surface area (Å²) in [6, 6.07) is 5.37. The molecular weight excluding hydrogens is 238 g/mol. The van der Waals surface area contributed by atoms with Crippen molar-refractivity contribution in [1.82, 2.24) is 4.98 Å². The fourth-order valence-electron chi connectivity index (χ4n) is 1.91. The first-order valence-corrected chi connectivity index (χ1v) is 6.10. The summed E-state index contributed by atoms with van der Waals surface area (Å²) in [5, 5.41) is 9.95. The van der Waals surface area contributed by atoms with E-state index < -0.39 is 5.97 Å². The van der Waals surface area contributed by atoms with Crippen LogP contribution in [0.2, 0.25) is 0 Å². The summed E-state index contributed by atoms with van der Waals surface area (Å²) in [6.45, 7) is 1.59. The van der Waals surface area contributed by atoms with Crippen LogP contribution in [0.5, 0.6) is 0 Å². The van der Waals surface area contributed by atoms with Gasteiger partial charge >= 0.3 is 5.97 Å². The first-order chi connectivity index (χ1) is 8.15. The van der Waals surface area contributed by atoms with E-state index in [0.717, 1.165) is 28.4 Å². The molecule has 2 heterocycles. The average Bonchev–Trinajstić information content (AvgIpc) is 2.66. The van der Waals surface area contributed by atoms with Gasteiger partial charge in [0, 0.05) is 19.1 Å². The summed E-state index contributed by atoms with van der Waals surface area (Å²) in [7, 11) is 0. The van der Waals surface area contributed by atoms with Gasteiger partial charge in [0.05, 0.1) is 15.8 Å². The topological polar surface area (TPSA) is 79.5 Å². The van der Waals surface area contributed by atoms with E-state index in [-0.39, 0.29) is 6.04 Å². The highest BCUT2D eigenvalue weighted by atomic mass is 32.1. The molecule has 0 radical (unpaired) electrons. The summed E-state index contributed by atoms with van der Waals surface area (Å²) in [4.78, 5) is 17.6. The Morgan fingerprint density at radius 2 is 2.29 bits per heavy atom. The molecule has 0 bridgehead atoms. The van der Waals surface area contributed by atoms with Crippen molar-refractivity contribution in [2.24, 2.45) is 5.73 Å². The van der Waals surface area contributed by atoms with Gasteiger partial charge in [-0.3, -0.25) is 0 Å². The summed E-state index contributed by atoms with van der Waals surface area (Å²) < 4.78 is 0.732. The standard InChI is InChI=1S/C11H11N3O2S/c12-6-4-14(5-6)11-13-8-3-1-2-7(10(15)16)9(8)17-11/h1-3,6H,4-5,12H2,(H,15,16). The van der Waals surface area contributed by atoms with Gasteiger partial charge in [-0.2, -0.15) is 0 Å². The number of hydrogen-bond acceptors (Lipinski definition) is 5. The Kier molecular flexibility index (Phi) is 2.27. The van der Waals surface area contributed by atoms with E-state index in [1.54, 1.807) is 12.1 Å². The molecule has 3 N–H and O–H groups in total. The number of anilines is 1. The van der Waals surface area contributed by atoms with Gasteiger partial charge in [-0.05, 0) is 12.1 Å². The van der Waals surface area contributed by atoms with Crippen LogP contribution >= 0.6 is 11.3 Å². The largest absolute Gasteiger partial charge is 0.478 e. The van der Waals surface area contributed by atoms with E-state index in [4.69, 9.17) is 10.8 Å². The van der Waals surface area contributed by atoms with Gasteiger partial charge in [0.25, 0.3) is 0 Å². The second kappa shape index (κ2) is 3.68. The quantitative estimate of drug-likeness (QED) is 0.834. The number of aromatic carboxylic acids is 1. The molecule has 0 amide bonds. The summed E-state index contributed by atoms with van der Waals surface area (Å²) in [6.07, 6.45) is 0. The number of thiazole rings is 1. The number of carboxylic acids is 1. The van der Waals surface area contributed by atoms with Crippen LogP contribution in [-0.2, 0) is 0 Å². The van der Waals surface area contributed by atoms with Gasteiger partial charge < -0.3 is 15.7 Å². The van der Waals surface area contributed by atoms with Gasteiger partial charge in [-0.15, -0.1) is 0 Å². The molecule has 1 aromatic heterocycles. The Morgan fingerprint density at radius 1 is 1.53 bits per heavy atom. The second-order valence-corrected chi connectivity index (χ2v) is 5.10. The van der Waals surface area contributed by atoms with Crippen molar-refractivity contribution in [2.75, 3.05) is 18.0 Å². The summed E-state index contributed by atoms with van der Waals surface area (Å²) in [5.41, 5.74) is 6.78. The van der Waals surface area contributed by atoms with E-state index in [2.05, 4.69) is 9.88 Å². The van der Waals surface area contributed by atoms with E-state index >= 15 is 0 Å². The number of carboxylic acid groups (broad SMARTS) is 1. The lowest BCUT2D eigenvalue weighted by molar-refractivity contribution is 0.0699. The molecule has 0 unspecified atom stereocenters. The Morgan fingerprint density at radius 3 is 2.94 bits per heavy atom. The zero-order valence-electron chi connectivity index (χ0n) is 8.96. The number of fused-ring (bicyclic) bond motifs is 1. The highest BCUT2D eigenvalue weighted by Gasteiger charge is 2.26. The Bertz CT molecular complexity index is 589. The van der Waals surface area contributed by atoms with Crippen molar-refractivity contribution in [1.29, 1.82) is 0 Å². The molecule has 88 valence electrons. The SMILES string of the molecule is NC1CN(c2nc3cccc(C(=O)O)c3s2)C1. The molecule has 17 heavy (non-hydrogen) atoms. The summed E-state index contributed by atoms with van der Waals surface area (Å²) >= 11 is 1.42. The minimum atomic E-state index is -0.911. The van der Waals surface area contributed by atoms with Gasteiger partial charge in [0.1, 0.15) is 0 Å². The molecular formula is C11H11N3O2S. The molecule has 6 heteroatoms. The molecule has 3 rings (SSSR count). The maximum Gasteiger partial charge on any atom is 0.337 e. The third kappa shape index (κ3) is 1.65. The molecule has 0 saturated carbocycles. The predicted octanol–water partition coefficient (Wildman–Crippen LogP) is 1.14. The lowest BCUT2D eigenvalue weighted by atomic mass is 10.1. The van der Waals surface area contributed by atoms with Crippen molar-refractivity contribution in [3.63, 3.8) is 0 Å². The third-order valence-corrected chi connectivity index (χ3v) is 3.98. The van der Waals surface area contributed by atoms with Crippen LogP contribution in [0, 0.1) is 0 Å². The minimum Gasteiger partial charge on any atom is -0.478 e. The van der Waals surface area contributed by atoms with Crippen LogP contribution in [0.1, 0.15) is 10.4 Å². The molecule has 0 aliphatic carbocycles. The van der Waals surface area contributed by atoms with Gasteiger partial charge in [-0.25, -0.2) is 9.78 Å². The molecule has 0 atom stereocenters. The minimum absolute atomic E-state index is 0.209. The highest BCUT2D eigenvalue weighted by Crippen LogP contribution is 2.33. The van der Waals surface area contributed by atoms with Crippen LogP contribution in [0.3, 0.4) is 0 Å². The van der Waals surface area contributed by atoms with E-state index in [1.807, 2.05) is 6.07 Å². The van der Waals surface area contributed by atoms with Crippen molar-refractivity contribution in [2.45, 2.75) is 6.04 Å². The maximum atomic E-state index is 11.1. The zero-order valence-corrected chi connectivity index (χ0v) is 9.78. The van der Waals surface area contributed by atoms with E-state index in [9.17, 15) is 4.79 Å². The first-order valence-electron chi connectivity index (χ1n) is 5.28. The Balaban J connectivity index is 2.06. The van der Waals surface area contributed by atoms with Gasteiger partial charge in [-0.1, -0.05) is 17.4 Å². The van der Waals surface area contributed by atoms with Crippen LogP contribution in [-0.4, -0.2) is 35.2 Å². The monoisotopic (exact) mass is 249 g/mol. The third-order valence-electron chi connectivity index (χ3n) is 2.81. The van der Waals surface area contributed by atoms with Gasteiger partial charge in [0.15, 0.2) is 5.13 Å². The maximum absolute atomic E-state index is 11.1. The lowest BCUT2D eigenvalue weighted by Gasteiger charge is -2.36. The fraction of sp³-hybridized carbons (Fsp3) is 0.273. The number of carbonyl (C=O) groups is 1. The number of nitrogens with zero attached hydrogens (tertiary/aromatic N) is 2. The number of nitrogens with two attached hydrogens (primary N) is 1. The van der Waals surface area contributed by atoms with Crippen LogP contribution < -0.4 is 10.6 Å². The Labute approximate surface area is 101 Å². The molecule has 1 saturated heterocycles. The number of rotatable bonds is 2. The highest BCUT2D eigenvalue weighted by molar-refractivity contribution is 7.22. The first kappa shape index (κ1) is 10.5. The van der Waals surface area contributed by atoms with Crippen LogP contribution in [0.4, 0.5) is 5.13 Å². The van der Waals surface area contributed by atoms with E-state index in [0.29, 0.717) is 5.56 Å². The molecule has 1 aromatic carbocycles. The average molecular weight is 249 g/mol. The Hall–Kier alpha value is -1.66. The zero-order chi connectivity index (χ0) is 12.0.